The number of nitrogens with zero attached hydrogens (tertiary/aromatic N) is 1. The molecule has 33 heavy (non-hydrogen) atoms. The highest BCUT2D eigenvalue weighted by atomic mass is 35.5. The van der Waals surface area contributed by atoms with Gasteiger partial charge in [-0.05, 0) is 48.2 Å². The Morgan fingerprint density at radius 3 is 2.33 bits per heavy atom. The molecule has 2 fully saturated rings. The van der Waals surface area contributed by atoms with Crippen molar-refractivity contribution in [2.45, 2.75) is 30.3 Å². The number of alkyl halides is 4. The minimum Gasteiger partial charge on any atom is -0.335 e. The molecule has 2 heterocycles. The molecular weight excluding hydrogens is 467 g/mol. The molecule has 1 amide bonds. The fourth-order valence-electron chi connectivity index (χ4n) is 4.19. The number of amides is 1. The molecule has 1 aliphatic carbocycles. The fourth-order valence-corrected chi connectivity index (χ4v) is 4.41. The van der Waals surface area contributed by atoms with E-state index in [1.54, 1.807) is 0 Å². The summed E-state index contributed by atoms with van der Waals surface area (Å²) in [5, 5.41) is -0.202. The number of likely N-dealkylation sites (tertiary alicyclic amines) is 1. The smallest absolute Gasteiger partial charge is 0.335 e. The van der Waals surface area contributed by atoms with Crippen LogP contribution >= 0.6 is 11.6 Å². The first-order valence-electron chi connectivity index (χ1n) is 10.3. The van der Waals surface area contributed by atoms with Gasteiger partial charge >= 0.3 is 6.18 Å². The third kappa shape index (κ3) is 3.77. The van der Waals surface area contributed by atoms with Crippen LogP contribution in [0.4, 0.5) is 22.0 Å². The van der Waals surface area contributed by atoms with E-state index in [4.69, 9.17) is 16.4 Å². The van der Waals surface area contributed by atoms with Crippen LogP contribution in [0.5, 0.6) is 0 Å². The van der Waals surface area contributed by atoms with Gasteiger partial charge in [0, 0.05) is 16.5 Å². The minimum atomic E-state index is -4.93. The average molecular weight is 485 g/mol. The summed E-state index contributed by atoms with van der Waals surface area (Å²) >= 11 is 5.76. The monoisotopic (exact) mass is 484 g/mol. The number of carbonyl (C=O) groups is 1. The molecule has 1 unspecified atom stereocenters. The van der Waals surface area contributed by atoms with Crippen LogP contribution < -0.4 is 5.48 Å². The minimum absolute atomic E-state index is 0.00804. The van der Waals surface area contributed by atoms with Gasteiger partial charge in [-0.25, -0.2) is 8.78 Å². The molecule has 10 heteroatoms. The van der Waals surface area contributed by atoms with Gasteiger partial charge in [0.25, 0.3) is 0 Å². The van der Waals surface area contributed by atoms with Crippen molar-refractivity contribution >= 4 is 23.2 Å². The normalized spacial score (nSPS) is 24.2. The largest absolute Gasteiger partial charge is 0.428 e. The lowest BCUT2D eigenvalue weighted by Crippen LogP contribution is -2.59. The molecule has 0 radical (unpaired) electrons. The molecule has 3 aliphatic rings. The van der Waals surface area contributed by atoms with Crippen molar-refractivity contribution in [1.29, 1.82) is 0 Å². The summed E-state index contributed by atoms with van der Waals surface area (Å²) < 4.78 is 71.0. The molecule has 0 bridgehead atoms. The highest BCUT2D eigenvalue weighted by Gasteiger charge is 2.60. The molecule has 5 rings (SSSR count). The highest BCUT2D eigenvalue weighted by Crippen LogP contribution is 2.48. The van der Waals surface area contributed by atoms with Gasteiger partial charge in [-0.1, -0.05) is 35.9 Å². The van der Waals surface area contributed by atoms with E-state index in [-0.39, 0.29) is 35.6 Å². The number of nitrogens with one attached hydrogen (secondary N) is 1. The molecule has 2 aromatic carbocycles. The van der Waals surface area contributed by atoms with Gasteiger partial charge < -0.3 is 4.90 Å². The van der Waals surface area contributed by atoms with Gasteiger partial charge in [-0.2, -0.15) is 13.2 Å². The molecular formula is C23H18ClF5N2O2. The van der Waals surface area contributed by atoms with Crippen molar-refractivity contribution in [2.75, 3.05) is 13.1 Å². The van der Waals surface area contributed by atoms with Crippen LogP contribution in [-0.2, 0) is 20.9 Å². The van der Waals surface area contributed by atoms with E-state index in [2.05, 4.69) is 5.48 Å². The summed E-state index contributed by atoms with van der Waals surface area (Å²) in [7, 11) is 0. The van der Waals surface area contributed by atoms with Gasteiger partial charge in [-0.3, -0.25) is 15.1 Å². The second-order valence-corrected chi connectivity index (χ2v) is 9.10. The number of benzene rings is 2. The van der Waals surface area contributed by atoms with Crippen LogP contribution in [0.3, 0.4) is 0 Å². The van der Waals surface area contributed by atoms with Crippen molar-refractivity contribution in [3.05, 3.63) is 76.1 Å². The fraction of sp³-hybridized carbons (Fsp3) is 0.348. The number of carbonyl (C=O) groups excluding carboxylic acids is 1. The first-order chi connectivity index (χ1) is 15.5. The molecule has 2 aliphatic heterocycles. The van der Waals surface area contributed by atoms with Crippen molar-refractivity contribution in [3.63, 3.8) is 0 Å². The summed E-state index contributed by atoms with van der Waals surface area (Å²) in [5.41, 5.74) is -2.24. The summed E-state index contributed by atoms with van der Waals surface area (Å²) in [5.74, 6) is -0.948. The van der Waals surface area contributed by atoms with Crippen LogP contribution in [0.25, 0.3) is 5.70 Å². The van der Waals surface area contributed by atoms with Crippen LogP contribution in [-0.4, -0.2) is 30.1 Å². The Bertz CT molecular complexity index is 1120. The maximum absolute atomic E-state index is 15.2. The Morgan fingerprint density at radius 2 is 1.76 bits per heavy atom. The maximum Gasteiger partial charge on any atom is 0.428 e. The number of rotatable bonds is 4. The van der Waals surface area contributed by atoms with Crippen LogP contribution in [0.1, 0.15) is 29.5 Å². The summed E-state index contributed by atoms with van der Waals surface area (Å²) in [6.45, 7) is -0.0769. The van der Waals surface area contributed by atoms with E-state index >= 15 is 4.39 Å². The van der Waals surface area contributed by atoms with E-state index in [9.17, 15) is 22.4 Å². The second kappa shape index (κ2) is 7.43. The van der Waals surface area contributed by atoms with Gasteiger partial charge in [0.15, 0.2) is 5.67 Å². The summed E-state index contributed by atoms with van der Waals surface area (Å²) in [4.78, 5) is 18.5. The first kappa shape index (κ1) is 22.2. The third-order valence-electron chi connectivity index (χ3n) is 6.22. The lowest BCUT2D eigenvalue weighted by atomic mass is 9.86. The Labute approximate surface area is 190 Å². The Morgan fingerprint density at radius 1 is 1.09 bits per heavy atom. The maximum atomic E-state index is 15.2. The predicted molar refractivity (Wildman–Crippen MR) is 110 cm³/mol. The van der Waals surface area contributed by atoms with Crippen molar-refractivity contribution < 1.29 is 31.6 Å². The predicted octanol–water partition coefficient (Wildman–Crippen LogP) is 5.23. The zero-order valence-electron chi connectivity index (χ0n) is 17.1. The van der Waals surface area contributed by atoms with E-state index in [0.717, 1.165) is 31.1 Å². The number of hydroxylamine groups is 1. The molecule has 1 saturated heterocycles. The van der Waals surface area contributed by atoms with Gasteiger partial charge in [-0.15, -0.1) is 0 Å². The molecule has 4 nitrogen and oxygen atoms in total. The Hall–Kier alpha value is -2.65. The van der Waals surface area contributed by atoms with Gasteiger partial charge in [0.1, 0.15) is 5.82 Å². The summed E-state index contributed by atoms with van der Waals surface area (Å²) in [6, 6.07) is 8.48. The molecule has 174 valence electrons. The van der Waals surface area contributed by atoms with Crippen LogP contribution in [0.2, 0.25) is 5.02 Å². The third-order valence-corrected chi connectivity index (χ3v) is 6.43. The molecule has 1 atom stereocenters. The van der Waals surface area contributed by atoms with Gasteiger partial charge in [0.2, 0.25) is 11.5 Å². The zero-order chi connectivity index (χ0) is 23.6. The van der Waals surface area contributed by atoms with Crippen molar-refractivity contribution in [2.24, 2.45) is 5.92 Å². The SMILES string of the molecule is O=C(C1CC1)N1CC(F)(c2ccc(C3=CC(c4cc(F)cc(Cl)c4)(C(F)(F)F)ON3)cc2)C1. The van der Waals surface area contributed by atoms with E-state index < -0.39 is 28.8 Å². The van der Waals surface area contributed by atoms with E-state index in [0.29, 0.717) is 17.2 Å². The Kier molecular flexibility index (Phi) is 4.99. The summed E-state index contributed by atoms with van der Waals surface area (Å²) in [6.07, 6.45) is -2.44. The van der Waals surface area contributed by atoms with Crippen molar-refractivity contribution in [3.8, 4) is 0 Å². The number of hydrogen-bond acceptors (Lipinski definition) is 3. The average Bonchev–Trinajstić information content (AvgIpc) is 3.47. The zero-order valence-corrected chi connectivity index (χ0v) is 17.8. The van der Waals surface area contributed by atoms with E-state index in [1.165, 1.54) is 29.2 Å². The molecule has 1 saturated carbocycles. The number of halogens is 6. The molecule has 1 N–H and O–H groups in total. The van der Waals surface area contributed by atoms with Crippen molar-refractivity contribution in [1.82, 2.24) is 10.4 Å². The molecule has 0 aromatic heterocycles. The number of hydrogen-bond donors (Lipinski definition) is 1. The Balaban J connectivity index is 1.40. The highest BCUT2D eigenvalue weighted by molar-refractivity contribution is 6.30. The lowest BCUT2D eigenvalue weighted by Gasteiger charge is -2.45. The molecule has 0 spiro atoms. The molecule has 2 aromatic rings. The van der Waals surface area contributed by atoms with Crippen LogP contribution in [0.15, 0.2) is 48.5 Å². The topological polar surface area (TPSA) is 41.6 Å². The first-order valence-corrected chi connectivity index (χ1v) is 10.7. The van der Waals surface area contributed by atoms with Gasteiger partial charge in [0.05, 0.1) is 18.8 Å². The van der Waals surface area contributed by atoms with Crippen LogP contribution in [0, 0.1) is 11.7 Å². The standard InChI is InChI=1S/C23H18ClF5N2O2/c24-17-7-16(8-18(25)9-17)22(23(27,28)29)10-19(30-33-22)13-3-5-15(6-4-13)21(26)11-31(12-21)20(32)14-1-2-14/h3-10,14,30H,1-2,11-12H2. The van der Waals surface area contributed by atoms with E-state index in [1.807, 2.05) is 0 Å². The second-order valence-electron chi connectivity index (χ2n) is 8.66. The quantitative estimate of drug-likeness (QED) is 0.604. The lowest BCUT2D eigenvalue weighted by molar-refractivity contribution is -0.269.